The predicted molar refractivity (Wildman–Crippen MR) is 105 cm³/mol. The topological polar surface area (TPSA) is 51.7 Å². The minimum absolute atomic E-state index is 0.0607. The number of fused-ring (bicyclic) bond motifs is 1. The van der Waals surface area contributed by atoms with Crippen LogP contribution in [0.4, 0.5) is 0 Å². The van der Waals surface area contributed by atoms with Crippen LogP contribution in [-0.2, 0) is 6.42 Å². The number of hydrogen-bond acceptors (Lipinski definition) is 5. The summed E-state index contributed by atoms with van der Waals surface area (Å²) < 4.78 is 11.0. The fraction of sp³-hybridized carbons (Fsp3) is 0.238. The number of thiophene rings is 1. The van der Waals surface area contributed by atoms with Crippen molar-refractivity contribution in [3.8, 4) is 11.5 Å². The highest BCUT2D eigenvalue weighted by Crippen LogP contribution is 2.42. The molecule has 3 heterocycles. The van der Waals surface area contributed by atoms with E-state index in [2.05, 4.69) is 11.1 Å². The Hall–Kier alpha value is -2.86. The van der Waals surface area contributed by atoms with Crippen molar-refractivity contribution < 1.29 is 14.3 Å². The molecular formula is C21H20N2O3S. The van der Waals surface area contributed by atoms with Gasteiger partial charge >= 0.3 is 0 Å². The fourth-order valence-electron chi connectivity index (χ4n) is 3.55. The molecule has 1 amide bonds. The molecule has 1 aromatic carbocycles. The number of benzene rings is 1. The van der Waals surface area contributed by atoms with Crippen LogP contribution in [0.1, 0.15) is 32.5 Å². The van der Waals surface area contributed by atoms with Crippen LogP contribution in [0.5, 0.6) is 11.5 Å². The first-order valence-electron chi connectivity index (χ1n) is 8.73. The Morgan fingerprint density at radius 3 is 2.63 bits per heavy atom. The summed E-state index contributed by atoms with van der Waals surface area (Å²) in [5, 5.41) is 2.04. The Morgan fingerprint density at radius 1 is 1.15 bits per heavy atom. The Morgan fingerprint density at radius 2 is 1.96 bits per heavy atom. The number of amides is 1. The number of carbonyl (C=O) groups is 1. The molecule has 4 rings (SSSR count). The summed E-state index contributed by atoms with van der Waals surface area (Å²) in [6.07, 6.45) is 2.41. The van der Waals surface area contributed by atoms with Gasteiger partial charge in [-0.05, 0) is 53.3 Å². The molecule has 1 atom stereocenters. The van der Waals surface area contributed by atoms with Crippen molar-refractivity contribution in [3.63, 3.8) is 0 Å². The molecular weight excluding hydrogens is 360 g/mol. The normalized spacial score (nSPS) is 15.9. The average Bonchev–Trinajstić information content (AvgIpc) is 3.26. The first-order chi connectivity index (χ1) is 13.2. The highest BCUT2D eigenvalue weighted by molar-refractivity contribution is 7.10. The summed E-state index contributed by atoms with van der Waals surface area (Å²) in [6.45, 7) is 0.625. The van der Waals surface area contributed by atoms with Crippen molar-refractivity contribution in [3.05, 3.63) is 75.7 Å². The lowest BCUT2D eigenvalue weighted by Crippen LogP contribution is -2.40. The van der Waals surface area contributed by atoms with Gasteiger partial charge in [0.2, 0.25) is 0 Å². The second-order valence-electron chi connectivity index (χ2n) is 6.29. The van der Waals surface area contributed by atoms with Gasteiger partial charge in [0.1, 0.15) is 5.69 Å². The van der Waals surface area contributed by atoms with Crippen molar-refractivity contribution in [1.82, 2.24) is 9.88 Å². The van der Waals surface area contributed by atoms with Crippen LogP contribution in [0.3, 0.4) is 0 Å². The molecule has 138 valence electrons. The van der Waals surface area contributed by atoms with Gasteiger partial charge in [-0.1, -0.05) is 12.1 Å². The van der Waals surface area contributed by atoms with Crippen molar-refractivity contribution in [2.24, 2.45) is 0 Å². The Kier molecular flexibility index (Phi) is 4.81. The van der Waals surface area contributed by atoms with E-state index in [4.69, 9.17) is 9.47 Å². The third-order valence-electron chi connectivity index (χ3n) is 4.83. The molecule has 0 N–H and O–H groups in total. The number of carbonyl (C=O) groups excluding carboxylic acids is 1. The number of methoxy groups -OCH3 is 2. The molecule has 0 fully saturated rings. The molecule has 0 spiro atoms. The third kappa shape index (κ3) is 3.17. The van der Waals surface area contributed by atoms with E-state index < -0.39 is 0 Å². The summed E-state index contributed by atoms with van der Waals surface area (Å²) in [7, 11) is 3.27. The van der Waals surface area contributed by atoms with E-state index in [-0.39, 0.29) is 11.9 Å². The van der Waals surface area contributed by atoms with Crippen LogP contribution >= 0.6 is 11.3 Å². The van der Waals surface area contributed by atoms with E-state index >= 15 is 0 Å². The molecule has 5 nitrogen and oxygen atoms in total. The fourth-order valence-corrected chi connectivity index (χ4v) is 4.41. The molecule has 1 unspecified atom stereocenters. The molecule has 2 aromatic heterocycles. The van der Waals surface area contributed by atoms with Crippen molar-refractivity contribution in [2.75, 3.05) is 20.8 Å². The van der Waals surface area contributed by atoms with Gasteiger partial charge in [0.25, 0.3) is 5.91 Å². The van der Waals surface area contributed by atoms with E-state index in [1.165, 1.54) is 5.56 Å². The number of rotatable bonds is 4. The monoisotopic (exact) mass is 380 g/mol. The summed E-state index contributed by atoms with van der Waals surface area (Å²) in [5.74, 6) is 1.32. The molecule has 1 aliphatic heterocycles. The molecule has 3 aromatic rings. The number of pyridine rings is 1. The molecule has 0 radical (unpaired) electrons. The van der Waals surface area contributed by atoms with Crippen LogP contribution in [-0.4, -0.2) is 36.6 Å². The maximum Gasteiger partial charge on any atom is 0.273 e. The number of aromatic nitrogens is 1. The average molecular weight is 380 g/mol. The Balaban J connectivity index is 1.82. The standard InChI is InChI=1S/C21H20N2O3S/c1-25-17-12-14-8-10-23(21(24)16-6-3-4-9-22-16)20(19-7-5-11-27-19)15(14)13-18(17)26-2/h3-7,9,11-13,20H,8,10H2,1-2H3. The minimum atomic E-state index is -0.164. The quantitative estimate of drug-likeness (QED) is 0.688. The van der Waals surface area contributed by atoms with Crippen molar-refractivity contribution >= 4 is 17.2 Å². The summed E-state index contributed by atoms with van der Waals surface area (Å²) in [4.78, 5) is 20.5. The zero-order chi connectivity index (χ0) is 18.8. The van der Waals surface area contributed by atoms with Crippen LogP contribution in [0.25, 0.3) is 0 Å². The van der Waals surface area contributed by atoms with Crippen molar-refractivity contribution in [2.45, 2.75) is 12.5 Å². The van der Waals surface area contributed by atoms with E-state index in [0.29, 0.717) is 23.7 Å². The SMILES string of the molecule is COc1cc2c(cc1OC)C(c1cccs1)N(C(=O)c1ccccn1)CC2. The summed E-state index contributed by atoms with van der Waals surface area (Å²) >= 11 is 1.65. The van der Waals surface area contributed by atoms with Crippen LogP contribution in [0, 0.1) is 0 Å². The summed E-state index contributed by atoms with van der Waals surface area (Å²) in [6, 6.07) is 13.4. The van der Waals surface area contributed by atoms with Gasteiger partial charge in [-0.3, -0.25) is 9.78 Å². The molecule has 0 saturated carbocycles. The lowest BCUT2D eigenvalue weighted by molar-refractivity contribution is 0.0691. The zero-order valence-electron chi connectivity index (χ0n) is 15.2. The maximum atomic E-state index is 13.2. The van der Waals surface area contributed by atoms with E-state index in [1.807, 2.05) is 40.6 Å². The molecule has 0 aliphatic carbocycles. The number of nitrogens with zero attached hydrogens (tertiary/aromatic N) is 2. The van der Waals surface area contributed by atoms with E-state index in [0.717, 1.165) is 16.9 Å². The van der Waals surface area contributed by atoms with E-state index in [9.17, 15) is 4.79 Å². The zero-order valence-corrected chi connectivity index (χ0v) is 16.0. The van der Waals surface area contributed by atoms with Gasteiger partial charge in [-0.15, -0.1) is 11.3 Å². The number of hydrogen-bond donors (Lipinski definition) is 0. The largest absolute Gasteiger partial charge is 0.493 e. The molecule has 27 heavy (non-hydrogen) atoms. The smallest absolute Gasteiger partial charge is 0.273 e. The van der Waals surface area contributed by atoms with Crippen molar-refractivity contribution in [1.29, 1.82) is 0 Å². The van der Waals surface area contributed by atoms with E-state index in [1.54, 1.807) is 37.8 Å². The molecule has 0 bridgehead atoms. The highest BCUT2D eigenvalue weighted by Gasteiger charge is 2.34. The molecule has 1 aliphatic rings. The second kappa shape index (κ2) is 7.40. The summed E-state index contributed by atoms with van der Waals surface area (Å²) in [5.41, 5.74) is 2.71. The van der Waals surface area contributed by atoms with Crippen LogP contribution in [0.15, 0.2) is 54.0 Å². The van der Waals surface area contributed by atoms with Crippen LogP contribution < -0.4 is 9.47 Å². The number of ether oxygens (including phenoxy) is 2. The molecule has 6 heteroatoms. The first kappa shape index (κ1) is 17.5. The highest BCUT2D eigenvalue weighted by atomic mass is 32.1. The van der Waals surface area contributed by atoms with Gasteiger partial charge in [-0.25, -0.2) is 0 Å². The lowest BCUT2D eigenvalue weighted by atomic mass is 9.90. The van der Waals surface area contributed by atoms with Gasteiger partial charge in [-0.2, -0.15) is 0 Å². The maximum absolute atomic E-state index is 13.2. The predicted octanol–water partition coefficient (Wildman–Crippen LogP) is 3.95. The molecule has 0 saturated heterocycles. The second-order valence-corrected chi connectivity index (χ2v) is 7.27. The third-order valence-corrected chi connectivity index (χ3v) is 5.76. The van der Waals surface area contributed by atoms with Gasteiger partial charge in [0.15, 0.2) is 11.5 Å². The van der Waals surface area contributed by atoms with Gasteiger partial charge < -0.3 is 14.4 Å². The minimum Gasteiger partial charge on any atom is -0.493 e. The van der Waals surface area contributed by atoms with Gasteiger partial charge in [0.05, 0.1) is 20.3 Å². The van der Waals surface area contributed by atoms with Gasteiger partial charge in [0, 0.05) is 17.6 Å². The first-order valence-corrected chi connectivity index (χ1v) is 9.61. The Bertz CT molecular complexity index is 942. The van der Waals surface area contributed by atoms with Crippen LogP contribution in [0.2, 0.25) is 0 Å². The lowest BCUT2D eigenvalue weighted by Gasteiger charge is -2.37. The Labute approximate surface area is 162 Å².